The Morgan fingerprint density at radius 2 is 1.85 bits per heavy atom. The summed E-state index contributed by atoms with van der Waals surface area (Å²) in [5.41, 5.74) is -0.575. The molecule has 3 nitrogen and oxygen atoms in total. The average Bonchev–Trinajstić information content (AvgIpc) is 2.47. The number of benzene rings is 1. The van der Waals surface area contributed by atoms with E-state index in [0.29, 0.717) is 0 Å². The first-order valence-electron chi connectivity index (χ1n) is 6.31. The average molecular weight is 283 g/mol. The van der Waals surface area contributed by atoms with Gasteiger partial charge in [0.05, 0.1) is 11.6 Å². The molecule has 2 aliphatic heterocycles. The van der Waals surface area contributed by atoms with Crippen LogP contribution >= 0.6 is 0 Å². The maximum atomic E-state index is 12.5. The van der Waals surface area contributed by atoms with Gasteiger partial charge < -0.3 is 0 Å². The van der Waals surface area contributed by atoms with Gasteiger partial charge in [-0.2, -0.15) is 13.2 Å². The Hall–Kier alpha value is -1.82. The van der Waals surface area contributed by atoms with Gasteiger partial charge in [0, 0.05) is 5.56 Å². The van der Waals surface area contributed by atoms with Crippen LogP contribution in [-0.2, 0) is 11.0 Å². The normalized spacial score (nSPS) is 25.1. The highest BCUT2D eigenvalue weighted by Gasteiger charge is 2.35. The van der Waals surface area contributed by atoms with E-state index >= 15 is 0 Å². The molecular formula is C14H12F3NO2. The number of alkyl halides is 3. The van der Waals surface area contributed by atoms with Crippen LogP contribution in [0, 0.1) is 0 Å². The van der Waals surface area contributed by atoms with Gasteiger partial charge in [-0.15, -0.1) is 0 Å². The molecule has 1 aliphatic carbocycles. The Labute approximate surface area is 113 Å². The SMILES string of the molecule is O=C(c1ccc(C(F)(F)F)cc1)N1OC2C=CC1CC2. The topological polar surface area (TPSA) is 29.5 Å². The molecule has 106 valence electrons. The summed E-state index contributed by atoms with van der Waals surface area (Å²) in [6.07, 6.45) is 0.972. The molecule has 20 heavy (non-hydrogen) atoms. The van der Waals surface area contributed by atoms with Crippen LogP contribution in [-0.4, -0.2) is 23.1 Å². The molecule has 2 heterocycles. The molecule has 1 aromatic rings. The van der Waals surface area contributed by atoms with E-state index in [2.05, 4.69) is 0 Å². The van der Waals surface area contributed by atoms with E-state index in [9.17, 15) is 18.0 Å². The Balaban J connectivity index is 1.80. The summed E-state index contributed by atoms with van der Waals surface area (Å²) in [6.45, 7) is 0. The lowest BCUT2D eigenvalue weighted by Crippen LogP contribution is -2.48. The summed E-state index contributed by atoms with van der Waals surface area (Å²) in [4.78, 5) is 17.7. The second kappa shape index (κ2) is 4.63. The molecule has 3 aliphatic rings. The molecule has 2 atom stereocenters. The Morgan fingerprint density at radius 3 is 2.30 bits per heavy atom. The number of hydrogen-bond donors (Lipinski definition) is 0. The van der Waals surface area contributed by atoms with Crippen LogP contribution in [0.4, 0.5) is 13.2 Å². The smallest absolute Gasteiger partial charge is 0.267 e. The van der Waals surface area contributed by atoms with E-state index in [1.165, 1.54) is 17.2 Å². The zero-order chi connectivity index (χ0) is 14.3. The minimum Gasteiger partial charge on any atom is -0.267 e. The van der Waals surface area contributed by atoms with Gasteiger partial charge in [0.25, 0.3) is 5.91 Å². The van der Waals surface area contributed by atoms with Crippen LogP contribution in [0.25, 0.3) is 0 Å². The molecular weight excluding hydrogens is 271 g/mol. The van der Waals surface area contributed by atoms with E-state index < -0.39 is 17.6 Å². The molecule has 0 aromatic heterocycles. The van der Waals surface area contributed by atoms with Gasteiger partial charge in [0.2, 0.25) is 0 Å². The number of rotatable bonds is 1. The number of amides is 1. The van der Waals surface area contributed by atoms with Crippen molar-refractivity contribution in [3.63, 3.8) is 0 Å². The molecule has 2 unspecified atom stereocenters. The van der Waals surface area contributed by atoms with Crippen molar-refractivity contribution in [3.05, 3.63) is 47.5 Å². The lowest BCUT2D eigenvalue weighted by molar-refractivity contribution is -0.197. The molecule has 6 heteroatoms. The second-order valence-corrected chi connectivity index (χ2v) is 4.88. The van der Waals surface area contributed by atoms with Crippen molar-refractivity contribution >= 4 is 5.91 Å². The molecule has 1 fully saturated rings. The molecule has 1 amide bonds. The fourth-order valence-electron chi connectivity index (χ4n) is 2.41. The highest BCUT2D eigenvalue weighted by atomic mass is 19.4. The lowest BCUT2D eigenvalue weighted by atomic mass is 9.97. The fourth-order valence-corrected chi connectivity index (χ4v) is 2.41. The molecule has 4 rings (SSSR count). The molecule has 0 radical (unpaired) electrons. The minimum atomic E-state index is -4.40. The highest BCUT2D eigenvalue weighted by molar-refractivity contribution is 5.94. The van der Waals surface area contributed by atoms with Gasteiger partial charge in [-0.05, 0) is 37.1 Å². The summed E-state index contributed by atoms with van der Waals surface area (Å²) in [5.74, 6) is -0.405. The fraction of sp³-hybridized carbons (Fsp3) is 0.357. The maximum absolute atomic E-state index is 12.5. The van der Waals surface area contributed by atoms with E-state index in [4.69, 9.17) is 4.84 Å². The van der Waals surface area contributed by atoms with E-state index in [1.807, 2.05) is 12.2 Å². The standard InChI is InChI=1S/C14H12F3NO2/c15-14(16,17)10-3-1-9(2-4-10)13(19)18-11-5-7-12(20-18)8-6-11/h1-5,7,11-12H,6,8H2. The van der Waals surface area contributed by atoms with Crippen LogP contribution in [0.2, 0.25) is 0 Å². The third kappa shape index (κ3) is 2.31. The van der Waals surface area contributed by atoms with Crippen LogP contribution in [0.5, 0.6) is 0 Å². The van der Waals surface area contributed by atoms with E-state index in [0.717, 1.165) is 25.0 Å². The number of halogens is 3. The van der Waals surface area contributed by atoms with Crippen LogP contribution in [0.1, 0.15) is 28.8 Å². The van der Waals surface area contributed by atoms with Crippen molar-refractivity contribution in [2.75, 3.05) is 0 Å². The number of nitrogens with zero attached hydrogens (tertiary/aromatic N) is 1. The third-order valence-electron chi connectivity index (χ3n) is 3.50. The number of hydroxylamine groups is 2. The first-order valence-corrected chi connectivity index (χ1v) is 6.31. The summed E-state index contributed by atoms with van der Waals surface area (Å²) < 4.78 is 37.4. The molecule has 0 N–H and O–H groups in total. The predicted octanol–water partition coefficient (Wildman–Crippen LogP) is 3.18. The Bertz CT molecular complexity index is 551. The quantitative estimate of drug-likeness (QED) is 0.741. The van der Waals surface area contributed by atoms with Crippen molar-refractivity contribution in [3.8, 4) is 0 Å². The van der Waals surface area contributed by atoms with Crippen LogP contribution in [0.15, 0.2) is 36.4 Å². The van der Waals surface area contributed by atoms with Gasteiger partial charge in [-0.25, -0.2) is 5.06 Å². The molecule has 0 spiro atoms. The molecule has 0 saturated carbocycles. The lowest BCUT2D eigenvalue weighted by Gasteiger charge is -2.40. The van der Waals surface area contributed by atoms with Gasteiger partial charge in [0.15, 0.2) is 0 Å². The number of carbonyl (C=O) groups is 1. The van der Waals surface area contributed by atoms with Gasteiger partial charge in [-0.1, -0.05) is 12.2 Å². The largest absolute Gasteiger partial charge is 0.416 e. The van der Waals surface area contributed by atoms with Crippen LogP contribution in [0.3, 0.4) is 0 Å². The van der Waals surface area contributed by atoms with Crippen molar-refractivity contribution in [1.29, 1.82) is 0 Å². The summed E-state index contributed by atoms with van der Waals surface area (Å²) in [6, 6.07) is 4.05. The first kappa shape index (κ1) is 13.2. The maximum Gasteiger partial charge on any atom is 0.416 e. The monoisotopic (exact) mass is 283 g/mol. The number of hydrogen-bond acceptors (Lipinski definition) is 2. The van der Waals surface area contributed by atoms with Crippen molar-refractivity contribution in [2.45, 2.75) is 31.2 Å². The summed E-state index contributed by atoms with van der Waals surface area (Å²) in [7, 11) is 0. The Kier molecular flexibility index (Phi) is 3.05. The van der Waals surface area contributed by atoms with Gasteiger partial charge >= 0.3 is 6.18 Å². The number of fused-ring (bicyclic) bond motifs is 2. The van der Waals surface area contributed by atoms with Crippen molar-refractivity contribution in [2.24, 2.45) is 0 Å². The zero-order valence-corrected chi connectivity index (χ0v) is 10.4. The predicted molar refractivity (Wildman–Crippen MR) is 64.6 cm³/mol. The first-order chi connectivity index (χ1) is 9.45. The third-order valence-corrected chi connectivity index (χ3v) is 3.50. The molecule has 2 bridgehead atoms. The van der Waals surface area contributed by atoms with E-state index in [1.54, 1.807) is 0 Å². The molecule has 1 aromatic carbocycles. The molecule has 1 saturated heterocycles. The minimum absolute atomic E-state index is 0.113. The summed E-state index contributed by atoms with van der Waals surface area (Å²) >= 11 is 0. The van der Waals surface area contributed by atoms with Gasteiger partial charge in [0.1, 0.15) is 6.10 Å². The number of carbonyl (C=O) groups excluding carboxylic acids is 1. The zero-order valence-electron chi connectivity index (χ0n) is 10.4. The van der Waals surface area contributed by atoms with Gasteiger partial charge in [-0.3, -0.25) is 9.63 Å². The van der Waals surface area contributed by atoms with Crippen molar-refractivity contribution < 1.29 is 22.8 Å². The van der Waals surface area contributed by atoms with Crippen LogP contribution < -0.4 is 0 Å². The highest BCUT2D eigenvalue weighted by Crippen LogP contribution is 2.31. The van der Waals surface area contributed by atoms with Crippen molar-refractivity contribution in [1.82, 2.24) is 5.06 Å². The summed E-state index contributed by atoms with van der Waals surface area (Å²) in [5, 5.41) is 1.26. The Morgan fingerprint density at radius 1 is 1.15 bits per heavy atom. The van der Waals surface area contributed by atoms with E-state index in [-0.39, 0.29) is 17.7 Å². The second-order valence-electron chi connectivity index (χ2n) is 4.88.